The van der Waals surface area contributed by atoms with E-state index in [4.69, 9.17) is 5.11 Å². The predicted molar refractivity (Wildman–Crippen MR) is 69.1 cm³/mol. The van der Waals surface area contributed by atoms with Crippen molar-refractivity contribution in [3.8, 4) is 0 Å². The lowest BCUT2D eigenvalue weighted by Crippen LogP contribution is -2.41. The van der Waals surface area contributed by atoms with E-state index in [-0.39, 0.29) is 17.4 Å². The van der Waals surface area contributed by atoms with Crippen molar-refractivity contribution in [2.24, 2.45) is 0 Å². The Kier molecular flexibility index (Phi) is 3.65. The number of carbonyl (C=O) groups excluding carboxylic acids is 1. The molecule has 4 nitrogen and oxygen atoms in total. The van der Waals surface area contributed by atoms with Crippen LogP contribution in [0.1, 0.15) is 36.0 Å². The molecular weight excluding hydrogens is 230 g/mol. The van der Waals surface area contributed by atoms with Gasteiger partial charge in [0.05, 0.1) is 17.3 Å². The van der Waals surface area contributed by atoms with E-state index < -0.39 is 5.97 Å². The fourth-order valence-corrected chi connectivity index (χ4v) is 2.50. The fourth-order valence-electron chi connectivity index (χ4n) is 2.50. The number of carboxylic acid groups (broad SMARTS) is 1. The van der Waals surface area contributed by atoms with Crippen LogP contribution in [0.4, 0.5) is 5.69 Å². The monoisotopic (exact) mass is 247 g/mol. The van der Waals surface area contributed by atoms with Crippen molar-refractivity contribution < 1.29 is 14.7 Å². The summed E-state index contributed by atoms with van der Waals surface area (Å²) in [5.41, 5.74) is 0.864. The van der Waals surface area contributed by atoms with Gasteiger partial charge in [-0.15, -0.1) is 0 Å². The smallest absolute Gasteiger partial charge is 0.337 e. The van der Waals surface area contributed by atoms with Crippen LogP contribution in [-0.4, -0.2) is 29.9 Å². The minimum absolute atomic E-state index is 0.181. The molecule has 1 saturated carbocycles. The molecule has 0 bridgehead atoms. The zero-order chi connectivity index (χ0) is 13.1. The van der Waals surface area contributed by atoms with Crippen LogP contribution in [0, 0.1) is 0 Å². The summed E-state index contributed by atoms with van der Waals surface area (Å²) in [6, 6.07) is 6.64. The van der Waals surface area contributed by atoms with Crippen LogP contribution in [0.15, 0.2) is 24.3 Å². The normalized spacial score (nSPS) is 19.6. The number of rotatable bonds is 3. The van der Waals surface area contributed by atoms with Gasteiger partial charge in [-0.05, 0) is 25.0 Å². The lowest BCUT2D eigenvalue weighted by molar-refractivity contribution is -0.121. The number of ketones is 1. The van der Waals surface area contributed by atoms with Gasteiger partial charge < -0.3 is 10.0 Å². The number of hydrogen-bond donors (Lipinski definition) is 1. The second-order valence-corrected chi connectivity index (χ2v) is 4.66. The molecule has 1 aliphatic carbocycles. The molecule has 0 saturated heterocycles. The second-order valence-electron chi connectivity index (χ2n) is 4.66. The zero-order valence-corrected chi connectivity index (χ0v) is 10.4. The van der Waals surface area contributed by atoms with Gasteiger partial charge in [-0.2, -0.15) is 0 Å². The molecule has 0 aromatic heterocycles. The SMILES string of the molecule is CN(c1ccccc1C(=O)O)C1CCCCC1=O. The summed E-state index contributed by atoms with van der Waals surface area (Å²) >= 11 is 0. The Morgan fingerprint density at radius 1 is 1.33 bits per heavy atom. The summed E-state index contributed by atoms with van der Waals surface area (Å²) in [5, 5.41) is 9.17. The van der Waals surface area contributed by atoms with Gasteiger partial charge in [0.25, 0.3) is 0 Å². The summed E-state index contributed by atoms with van der Waals surface area (Å²) in [6.45, 7) is 0. The number of anilines is 1. The van der Waals surface area contributed by atoms with Gasteiger partial charge in [0, 0.05) is 13.5 Å². The molecule has 1 fully saturated rings. The minimum atomic E-state index is -0.958. The highest BCUT2D eigenvalue weighted by molar-refractivity contribution is 5.96. The van der Waals surface area contributed by atoms with Crippen molar-refractivity contribution in [2.45, 2.75) is 31.7 Å². The van der Waals surface area contributed by atoms with Gasteiger partial charge in [-0.1, -0.05) is 18.6 Å². The Morgan fingerprint density at radius 2 is 2.06 bits per heavy atom. The van der Waals surface area contributed by atoms with Crippen molar-refractivity contribution in [3.63, 3.8) is 0 Å². The highest BCUT2D eigenvalue weighted by Gasteiger charge is 2.27. The van der Waals surface area contributed by atoms with E-state index in [0.717, 1.165) is 19.3 Å². The zero-order valence-electron chi connectivity index (χ0n) is 10.4. The van der Waals surface area contributed by atoms with E-state index in [1.54, 1.807) is 31.3 Å². The highest BCUT2D eigenvalue weighted by atomic mass is 16.4. The van der Waals surface area contributed by atoms with E-state index in [1.807, 2.05) is 4.90 Å². The molecule has 2 rings (SSSR count). The maximum atomic E-state index is 11.9. The lowest BCUT2D eigenvalue weighted by atomic mass is 9.92. The number of likely N-dealkylation sites (N-methyl/N-ethyl adjacent to an activating group) is 1. The first-order valence-corrected chi connectivity index (χ1v) is 6.19. The Labute approximate surface area is 106 Å². The summed E-state index contributed by atoms with van der Waals surface area (Å²) in [4.78, 5) is 24.9. The second kappa shape index (κ2) is 5.21. The average molecular weight is 247 g/mol. The Bertz CT molecular complexity index is 470. The van der Waals surface area contributed by atoms with Gasteiger partial charge >= 0.3 is 5.97 Å². The molecule has 0 radical (unpaired) electrons. The summed E-state index contributed by atoms with van der Waals surface area (Å²) in [5.74, 6) is -0.746. The molecule has 18 heavy (non-hydrogen) atoms. The van der Waals surface area contributed by atoms with E-state index in [9.17, 15) is 9.59 Å². The molecule has 4 heteroatoms. The number of Topliss-reactive ketones (excluding diaryl/α,β-unsaturated/α-hetero) is 1. The van der Waals surface area contributed by atoms with Crippen molar-refractivity contribution in [1.29, 1.82) is 0 Å². The average Bonchev–Trinajstić information content (AvgIpc) is 2.38. The lowest BCUT2D eigenvalue weighted by Gasteiger charge is -2.32. The third kappa shape index (κ3) is 2.37. The first-order valence-electron chi connectivity index (χ1n) is 6.19. The van der Waals surface area contributed by atoms with Crippen LogP contribution in [0.5, 0.6) is 0 Å². The molecule has 0 amide bonds. The molecule has 1 aromatic rings. The van der Waals surface area contributed by atoms with Crippen LogP contribution >= 0.6 is 0 Å². The molecule has 0 heterocycles. The summed E-state index contributed by atoms with van der Waals surface area (Å²) < 4.78 is 0. The summed E-state index contributed by atoms with van der Waals surface area (Å²) in [7, 11) is 1.80. The Balaban J connectivity index is 2.30. The summed E-state index contributed by atoms with van der Waals surface area (Å²) in [6.07, 6.45) is 3.38. The molecule has 0 aliphatic heterocycles. The van der Waals surface area contributed by atoms with Crippen molar-refractivity contribution in [3.05, 3.63) is 29.8 Å². The largest absolute Gasteiger partial charge is 0.478 e. The van der Waals surface area contributed by atoms with Crippen LogP contribution < -0.4 is 4.90 Å². The molecule has 1 unspecified atom stereocenters. The van der Waals surface area contributed by atoms with Gasteiger partial charge in [0.15, 0.2) is 5.78 Å². The van der Waals surface area contributed by atoms with E-state index in [1.165, 1.54) is 0 Å². The number of carboxylic acids is 1. The number of hydrogen-bond acceptors (Lipinski definition) is 3. The van der Waals surface area contributed by atoms with Crippen molar-refractivity contribution >= 4 is 17.4 Å². The number of benzene rings is 1. The van der Waals surface area contributed by atoms with Crippen LogP contribution in [0.25, 0.3) is 0 Å². The van der Waals surface area contributed by atoms with E-state index >= 15 is 0 Å². The van der Waals surface area contributed by atoms with Crippen LogP contribution in [-0.2, 0) is 4.79 Å². The van der Waals surface area contributed by atoms with Crippen LogP contribution in [0.3, 0.4) is 0 Å². The third-order valence-corrected chi connectivity index (χ3v) is 3.50. The van der Waals surface area contributed by atoms with E-state index in [2.05, 4.69) is 0 Å². The van der Waals surface area contributed by atoms with Gasteiger partial charge in [0.2, 0.25) is 0 Å². The van der Waals surface area contributed by atoms with Gasteiger partial charge in [-0.25, -0.2) is 4.79 Å². The molecule has 1 aliphatic rings. The van der Waals surface area contributed by atoms with Gasteiger partial charge in [-0.3, -0.25) is 4.79 Å². The first kappa shape index (κ1) is 12.6. The quantitative estimate of drug-likeness (QED) is 0.890. The Morgan fingerprint density at radius 3 is 2.72 bits per heavy atom. The maximum Gasteiger partial charge on any atom is 0.337 e. The molecule has 1 atom stereocenters. The predicted octanol–water partition coefficient (Wildman–Crippen LogP) is 2.33. The molecular formula is C14H17NO3. The van der Waals surface area contributed by atoms with Gasteiger partial charge in [0.1, 0.15) is 0 Å². The van der Waals surface area contributed by atoms with Crippen molar-refractivity contribution in [2.75, 3.05) is 11.9 Å². The third-order valence-electron chi connectivity index (χ3n) is 3.50. The van der Waals surface area contributed by atoms with Crippen LogP contribution in [0.2, 0.25) is 0 Å². The fraction of sp³-hybridized carbons (Fsp3) is 0.429. The topological polar surface area (TPSA) is 57.6 Å². The van der Waals surface area contributed by atoms with E-state index in [0.29, 0.717) is 12.1 Å². The number of aromatic carboxylic acids is 1. The first-order chi connectivity index (χ1) is 8.61. The standard InChI is InChI=1S/C14H17NO3/c1-15(12-8-4-5-9-13(12)16)11-7-3-2-6-10(11)14(17)18/h2-3,6-7,12H,4-5,8-9H2,1H3,(H,17,18). The Hall–Kier alpha value is -1.84. The molecule has 96 valence electrons. The number of carbonyl (C=O) groups is 2. The molecule has 1 aromatic carbocycles. The number of para-hydroxylation sites is 1. The highest BCUT2D eigenvalue weighted by Crippen LogP contribution is 2.26. The molecule has 1 N–H and O–H groups in total. The minimum Gasteiger partial charge on any atom is -0.478 e. The maximum absolute atomic E-state index is 11.9. The number of nitrogens with zero attached hydrogens (tertiary/aromatic N) is 1. The van der Waals surface area contributed by atoms with Crippen molar-refractivity contribution in [1.82, 2.24) is 0 Å². The molecule has 0 spiro atoms.